The van der Waals surface area contributed by atoms with Crippen molar-refractivity contribution < 1.29 is 4.74 Å². The summed E-state index contributed by atoms with van der Waals surface area (Å²) in [4.78, 5) is 0. The van der Waals surface area contributed by atoms with Crippen molar-refractivity contribution in [1.29, 1.82) is 0 Å². The lowest BCUT2D eigenvalue weighted by atomic mass is 10.1. The lowest BCUT2D eigenvalue weighted by molar-refractivity contribution is 0.120. The molecular weight excluding hydrogens is 160 g/mol. The number of hydrogen-bond acceptors (Lipinski definition) is 1. The Hall–Kier alpha value is -0.820. The number of hydrogen-bond donors (Lipinski definition) is 0. The first-order chi connectivity index (χ1) is 6.43. The van der Waals surface area contributed by atoms with Gasteiger partial charge in [0.25, 0.3) is 0 Å². The molecule has 0 aromatic heterocycles. The third-order valence-electron chi connectivity index (χ3n) is 2.00. The van der Waals surface area contributed by atoms with Gasteiger partial charge in [-0.3, -0.25) is 0 Å². The van der Waals surface area contributed by atoms with Gasteiger partial charge in [-0.2, -0.15) is 0 Å². The molecule has 1 nitrogen and oxygen atoms in total. The summed E-state index contributed by atoms with van der Waals surface area (Å²) in [5, 5.41) is 0. The van der Waals surface area contributed by atoms with Crippen LogP contribution in [-0.4, -0.2) is 13.2 Å². The van der Waals surface area contributed by atoms with E-state index in [9.17, 15) is 0 Å². The van der Waals surface area contributed by atoms with Gasteiger partial charge in [0.05, 0.1) is 6.61 Å². The molecule has 1 rings (SSSR count). The number of ether oxygens (including phenoxy) is 1. The minimum atomic E-state index is 0.451. The molecule has 0 fully saturated rings. The Balaban J connectivity index is 2.14. The summed E-state index contributed by atoms with van der Waals surface area (Å²) in [6.45, 7) is 3.88. The van der Waals surface area contributed by atoms with Crippen molar-refractivity contribution in [3.8, 4) is 0 Å². The largest absolute Gasteiger partial charge is 0.381 e. The molecule has 0 amide bonds. The van der Waals surface area contributed by atoms with Crippen LogP contribution in [0.2, 0.25) is 0 Å². The molecule has 0 unspecified atom stereocenters. The second kappa shape index (κ2) is 6.67. The van der Waals surface area contributed by atoms with Crippen LogP contribution >= 0.6 is 0 Å². The van der Waals surface area contributed by atoms with Crippen LogP contribution in [0.15, 0.2) is 36.5 Å². The minimum absolute atomic E-state index is 0.451. The van der Waals surface area contributed by atoms with E-state index in [4.69, 9.17) is 4.74 Å². The van der Waals surface area contributed by atoms with E-state index >= 15 is 0 Å². The molecule has 0 aliphatic heterocycles. The molecule has 0 spiro atoms. The highest BCUT2D eigenvalue weighted by Gasteiger charge is 1.99. The fourth-order valence-electron chi connectivity index (χ4n) is 1.18. The van der Waals surface area contributed by atoms with Gasteiger partial charge in [0, 0.05) is 12.5 Å². The maximum Gasteiger partial charge on any atom is 0.0563 e. The lowest BCUT2D eigenvalue weighted by Crippen LogP contribution is -2.05. The molecule has 0 saturated carbocycles. The predicted octanol–water partition coefficient (Wildman–Crippen LogP) is 3.10. The first-order valence-electron chi connectivity index (χ1n) is 5.03. The Morgan fingerprint density at radius 3 is 2.38 bits per heavy atom. The Morgan fingerprint density at radius 2 is 1.77 bits per heavy atom. The van der Waals surface area contributed by atoms with Gasteiger partial charge in [-0.25, -0.2) is 0 Å². The van der Waals surface area contributed by atoms with Crippen LogP contribution in [0.4, 0.5) is 0 Å². The standard InChI is InChI=1S/C12H18O/c1-2-3-10-13-11-12-8-6-4-5-7-9-12/h4-9,12H,2-3,10-11H2,1H3. The SMILES string of the molecule is CCCCOCC1C=CC=CC=C1. The quantitative estimate of drug-likeness (QED) is 0.588. The maximum atomic E-state index is 5.54. The molecule has 0 atom stereocenters. The second-order valence-electron chi connectivity index (χ2n) is 3.25. The summed E-state index contributed by atoms with van der Waals surface area (Å²) in [7, 11) is 0. The Labute approximate surface area is 80.8 Å². The number of allylic oxidation sites excluding steroid dienone is 4. The van der Waals surface area contributed by atoms with E-state index in [0.717, 1.165) is 13.2 Å². The third-order valence-corrected chi connectivity index (χ3v) is 2.00. The molecule has 13 heavy (non-hydrogen) atoms. The fourth-order valence-corrected chi connectivity index (χ4v) is 1.18. The molecule has 72 valence electrons. The van der Waals surface area contributed by atoms with Gasteiger partial charge < -0.3 is 4.74 Å². The lowest BCUT2D eigenvalue weighted by Gasteiger charge is -2.07. The van der Waals surface area contributed by atoms with Crippen molar-refractivity contribution in [2.75, 3.05) is 13.2 Å². The zero-order chi connectivity index (χ0) is 9.36. The van der Waals surface area contributed by atoms with Gasteiger partial charge >= 0.3 is 0 Å². The number of rotatable bonds is 5. The van der Waals surface area contributed by atoms with E-state index in [1.807, 2.05) is 12.2 Å². The van der Waals surface area contributed by atoms with Crippen LogP contribution in [0.5, 0.6) is 0 Å². The summed E-state index contributed by atoms with van der Waals surface area (Å²) in [5.41, 5.74) is 0. The first kappa shape index (κ1) is 10.3. The van der Waals surface area contributed by atoms with Gasteiger partial charge in [0.2, 0.25) is 0 Å². The number of unbranched alkanes of at least 4 members (excludes halogenated alkanes) is 1. The van der Waals surface area contributed by atoms with Crippen molar-refractivity contribution >= 4 is 0 Å². The first-order valence-corrected chi connectivity index (χ1v) is 5.03. The molecule has 0 aromatic carbocycles. The van der Waals surface area contributed by atoms with Gasteiger partial charge in [0.15, 0.2) is 0 Å². The zero-order valence-corrected chi connectivity index (χ0v) is 8.28. The molecule has 0 N–H and O–H groups in total. The Morgan fingerprint density at radius 1 is 1.08 bits per heavy atom. The molecule has 1 aliphatic rings. The van der Waals surface area contributed by atoms with E-state index in [1.54, 1.807) is 0 Å². The summed E-state index contributed by atoms with van der Waals surface area (Å²) in [5.74, 6) is 0.451. The molecule has 0 heterocycles. The summed E-state index contributed by atoms with van der Waals surface area (Å²) in [6, 6.07) is 0. The molecule has 0 aromatic rings. The highest BCUT2D eigenvalue weighted by Crippen LogP contribution is 2.06. The maximum absolute atomic E-state index is 5.54. The van der Waals surface area contributed by atoms with E-state index in [0.29, 0.717) is 5.92 Å². The third kappa shape index (κ3) is 4.69. The van der Waals surface area contributed by atoms with E-state index < -0.39 is 0 Å². The Bertz CT molecular complexity index is 185. The van der Waals surface area contributed by atoms with Crippen molar-refractivity contribution in [2.45, 2.75) is 19.8 Å². The van der Waals surface area contributed by atoms with Gasteiger partial charge in [-0.05, 0) is 6.42 Å². The monoisotopic (exact) mass is 178 g/mol. The fraction of sp³-hybridized carbons (Fsp3) is 0.500. The zero-order valence-electron chi connectivity index (χ0n) is 8.28. The van der Waals surface area contributed by atoms with E-state index in [-0.39, 0.29) is 0 Å². The molecule has 0 radical (unpaired) electrons. The van der Waals surface area contributed by atoms with Crippen LogP contribution in [-0.2, 0) is 4.74 Å². The Kier molecular flexibility index (Phi) is 5.27. The average molecular weight is 178 g/mol. The molecule has 1 aliphatic carbocycles. The van der Waals surface area contributed by atoms with Crippen molar-refractivity contribution in [1.82, 2.24) is 0 Å². The van der Waals surface area contributed by atoms with Crippen LogP contribution < -0.4 is 0 Å². The molecule has 0 saturated heterocycles. The second-order valence-corrected chi connectivity index (χ2v) is 3.25. The smallest absolute Gasteiger partial charge is 0.0563 e. The van der Waals surface area contributed by atoms with Gasteiger partial charge in [0.1, 0.15) is 0 Å². The van der Waals surface area contributed by atoms with E-state index in [1.165, 1.54) is 12.8 Å². The molecule has 1 heteroatoms. The van der Waals surface area contributed by atoms with Crippen LogP contribution in [0.1, 0.15) is 19.8 Å². The highest BCUT2D eigenvalue weighted by molar-refractivity contribution is 5.19. The summed E-state index contributed by atoms with van der Waals surface area (Å²) < 4.78 is 5.54. The van der Waals surface area contributed by atoms with Crippen LogP contribution in [0.25, 0.3) is 0 Å². The van der Waals surface area contributed by atoms with Crippen molar-refractivity contribution in [2.24, 2.45) is 5.92 Å². The van der Waals surface area contributed by atoms with Crippen molar-refractivity contribution in [3.05, 3.63) is 36.5 Å². The normalized spacial score (nSPS) is 16.4. The topological polar surface area (TPSA) is 9.23 Å². The predicted molar refractivity (Wildman–Crippen MR) is 56.6 cm³/mol. The minimum Gasteiger partial charge on any atom is -0.381 e. The summed E-state index contributed by atoms with van der Waals surface area (Å²) >= 11 is 0. The van der Waals surface area contributed by atoms with Gasteiger partial charge in [-0.1, -0.05) is 49.8 Å². The van der Waals surface area contributed by atoms with Crippen molar-refractivity contribution in [3.63, 3.8) is 0 Å². The van der Waals surface area contributed by atoms with Gasteiger partial charge in [-0.15, -0.1) is 0 Å². The molecular formula is C12H18O. The summed E-state index contributed by atoms with van der Waals surface area (Å²) in [6.07, 6.45) is 15.0. The van der Waals surface area contributed by atoms with E-state index in [2.05, 4.69) is 31.2 Å². The van der Waals surface area contributed by atoms with Crippen LogP contribution in [0.3, 0.4) is 0 Å². The van der Waals surface area contributed by atoms with Crippen LogP contribution in [0, 0.1) is 5.92 Å². The average Bonchev–Trinajstić information content (AvgIpc) is 2.41. The highest BCUT2D eigenvalue weighted by atomic mass is 16.5. The molecule has 0 bridgehead atoms.